The van der Waals surface area contributed by atoms with Crippen molar-refractivity contribution in [1.82, 2.24) is 10.3 Å². The van der Waals surface area contributed by atoms with E-state index in [1.54, 1.807) is 0 Å². The monoisotopic (exact) mass is 228 g/mol. The lowest BCUT2D eigenvalue weighted by Crippen LogP contribution is -2.30. The van der Waals surface area contributed by atoms with Gasteiger partial charge in [-0.3, -0.25) is 4.98 Å². The van der Waals surface area contributed by atoms with Crippen LogP contribution >= 0.6 is 0 Å². The van der Waals surface area contributed by atoms with Crippen molar-refractivity contribution in [3.05, 3.63) is 42.1 Å². The highest BCUT2D eigenvalue weighted by Gasteiger charge is 2.13. The molecule has 17 heavy (non-hydrogen) atoms. The van der Waals surface area contributed by atoms with Crippen LogP contribution in [0.15, 0.2) is 36.5 Å². The molecule has 0 aliphatic rings. The third-order valence-electron chi connectivity index (χ3n) is 3.43. The number of aromatic nitrogens is 1. The molecule has 2 heteroatoms. The van der Waals surface area contributed by atoms with Crippen LogP contribution < -0.4 is 5.32 Å². The molecule has 90 valence electrons. The molecule has 2 rings (SSSR count). The summed E-state index contributed by atoms with van der Waals surface area (Å²) in [5, 5.41) is 4.68. The average Bonchev–Trinajstić information content (AvgIpc) is 2.37. The van der Waals surface area contributed by atoms with E-state index in [-0.39, 0.29) is 0 Å². The summed E-state index contributed by atoms with van der Waals surface area (Å²) in [5.41, 5.74) is 2.44. The first-order valence-electron chi connectivity index (χ1n) is 6.30. The Labute approximate surface area is 103 Å². The van der Waals surface area contributed by atoms with Crippen LogP contribution in [-0.4, -0.2) is 17.6 Å². The van der Waals surface area contributed by atoms with Gasteiger partial charge in [-0.15, -0.1) is 0 Å². The zero-order valence-corrected chi connectivity index (χ0v) is 10.8. The lowest BCUT2D eigenvalue weighted by Gasteiger charge is -2.21. The van der Waals surface area contributed by atoms with E-state index in [2.05, 4.69) is 55.3 Å². The van der Waals surface area contributed by atoms with Crippen molar-refractivity contribution in [2.24, 2.45) is 0 Å². The van der Waals surface area contributed by atoms with Crippen LogP contribution in [0, 0.1) is 0 Å². The van der Waals surface area contributed by atoms with Crippen molar-refractivity contribution >= 4 is 10.9 Å². The van der Waals surface area contributed by atoms with Gasteiger partial charge in [0.15, 0.2) is 0 Å². The van der Waals surface area contributed by atoms with E-state index in [0.717, 1.165) is 12.1 Å². The van der Waals surface area contributed by atoms with Gasteiger partial charge in [0.2, 0.25) is 0 Å². The van der Waals surface area contributed by atoms with Crippen molar-refractivity contribution in [2.75, 3.05) is 6.54 Å². The van der Waals surface area contributed by atoms with Crippen molar-refractivity contribution < 1.29 is 0 Å². The summed E-state index contributed by atoms with van der Waals surface area (Å²) in [6.45, 7) is 7.65. The minimum atomic E-state index is 0.487. The number of benzene rings is 1. The maximum atomic E-state index is 4.41. The fraction of sp³-hybridized carbons (Fsp3) is 0.400. The number of nitrogens with zero attached hydrogens (tertiary/aromatic N) is 1. The maximum absolute atomic E-state index is 4.41. The highest BCUT2D eigenvalue weighted by molar-refractivity contribution is 5.79. The van der Waals surface area contributed by atoms with E-state index in [9.17, 15) is 0 Å². The van der Waals surface area contributed by atoms with Gasteiger partial charge in [0.1, 0.15) is 0 Å². The topological polar surface area (TPSA) is 24.9 Å². The highest BCUT2D eigenvalue weighted by atomic mass is 14.9. The number of hydrogen-bond donors (Lipinski definition) is 1. The molecule has 1 N–H and O–H groups in total. The van der Waals surface area contributed by atoms with Gasteiger partial charge in [-0.1, -0.05) is 32.0 Å². The van der Waals surface area contributed by atoms with E-state index < -0.39 is 0 Å². The maximum Gasteiger partial charge on any atom is 0.0704 e. The van der Waals surface area contributed by atoms with E-state index in [0.29, 0.717) is 12.0 Å². The molecule has 2 unspecified atom stereocenters. The SMILES string of the molecule is CCNC(C)C(C)c1ccc2cccnc2c1. The van der Waals surface area contributed by atoms with Crippen LogP contribution in [0.2, 0.25) is 0 Å². The molecule has 2 nitrogen and oxygen atoms in total. The number of likely N-dealkylation sites (N-methyl/N-ethyl adjacent to an activating group) is 1. The van der Waals surface area contributed by atoms with Crippen LogP contribution in [-0.2, 0) is 0 Å². The molecule has 0 radical (unpaired) electrons. The highest BCUT2D eigenvalue weighted by Crippen LogP contribution is 2.22. The summed E-state index contributed by atoms with van der Waals surface area (Å²) in [6, 6.07) is 11.1. The number of rotatable bonds is 4. The summed E-state index contributed by atoms with van der Waals surface area (Å²) in [6.07, 6.45) is 1.85. The standard InChI is InChI=1S/C15H20N2/c1-4-16-12(3)11(2)14-8-7-13-6-5-9-17-15(13)10-14/h5-12,16H,4H2,1-3H3. The van der Waals surface area contributed by atoms with Crippen LogP contribution in [0.25, 0.3) is 10.9 Å². The number of pyridine rings is 1. The summed E-state index contributed by atoms with van der Waals surface area (Å²) in [5.74, 6) is 0.501. The third-order valence-corrected chi connectivity index (χ3v) is 3.43. The first-order chi connectivity index (χ1) is 8.22. The van der Waals surface area contributed by atoms with Gasteiger partial charge in [-0.2, -0.15) is 0 Å². The summed E-state index contributed by atoms with van der Waals surface area (Å²) >= 11 is 0. The van der Waals surface area contributed by atoms with E-state index >= 15 is 0 Å². The van der Waals surface area contributed by atoms with Gasteiger partial charge in [0, 0.05) is 17.6 Å². The third kappa shape index (κ3) is 2.64. The lowest BCUT2D eigenvalue weighted by atomic mass is 9.93. The molecule has 1 heterocycles. The molecule has 0 aliphatic carbocycles. The molecule has 0 saturated heterocycles. The number of nitrogens with one attached hydrogen (secondary N) is 1. The molecule has 0 bridgehead atoms. The Bertz CT molecular complexity index is 493. The molecule has 0 aliphatic heterocycles. The van der Waals surface area contributed by atoms with Crippen molar-refractivity contribution in [1.29, 1.82) is 0 Å². The first-order valence-corrected chi connectivity index (χ1v) is 6.30. The Morgan fingerprint density at radius 2 is 2.06 bits per heavy atom. The fourth-order valence-corrected chi connectivity index (χ4v) is 2.15. The van der Waals surface area contributed by atoms with Crippen molar-refractivity contribution in [2.45, 2.75) is 32.7 Å². The van der Waals surface area contributed by atoms with Crippen LogP contribution in [0.5, 0.6) is 0 Å². The van der Waals surface area contributed by atoms with Gasteiger partial charge in [0.05, 0.1) is 5.52 Å². The van der Waals surface area contributed by atoms with Gasteiger partial charge >= 0.3 is 0 Å². The molecule has 1 aromatic heterocycles. The Morgan fingerprint density at radius 1 is 1.24 bits per heavy atom. The van der Waals surface area contributed by atoms with Crippen LogP contribution in [0.4, 0.5) is 0 Å². The summed E-state index contributed by atoms with van der Waals surface area (Å²) in [7, 11) is 0. The predicted octanol–water partition coefficient (Wildman–Crippen LogP) is 3.34. The second kappa shape index (κ2) is 5.28. The van der Waals surface area contributed by atoms with Crippen LogP contribution in [0.3, 0.4) is 0 Å². The number of hydrogen-bond acceptors (Lipinski definition) is 2. The van der Waals surface area contributed by atoms with Crippen LogP contribution in [0.1, 0.15) is 32.3 Å². The molecule has 1 aromatic carbocycles. The number of fused-ring (bicyclic) bond motifs is 1. The predicted molar refractivity (Wildman–Crippen MR) is 73.3 cm³/mol. The molecule has 0 fully saturated rings. The molecular formula is C15H20N2. The second-order valence-corrected chi connectivity index (χ2v) is 4.59. The second-order valence-electron chi connectivity index (χ2n) is 4.59. The zero-order valence-electron chi connectivity index (χ0n) is 10.8. The van der Waals surface area contributed by atoms with E-state index in [1.165, 1.54) is 10.9 Å². The van der Waals surface area contributed by atoms with Crippen molar-refractivity contribution in [3.8, 4) is 0 Å². The smallest absolute Gasteiger partial charge is 0.0704 e. The van der Waals surface area contributed by atoms with Gasteiger partial charge in [-0.05, 0) is 37.1 Å². The molecule has 0 amide bonds. The lowest BCUT2D eigenvalue weighted by molar-refractivity contribution is 0.495. The average molecular weight is 228 g/mol. The van der Waals surface area contributed by atoms with E-state index in [1.807, 2.05) is 12.3 Å². The Morgan fingerprint density at radius 3 is 2.82 bits per heavy atom. The first kappa shape index (κ1) is 12.1. The Balaban J connectivity index is 2.29. The van der Waals surface area contributed by atoms with Gasteiger partial charge < -0.3 is 5.32 Å². The summed E-state index contributed by atoms with van der Waals surface area (Å²) < 4.78 is 0. The molecule has 0 saturated carbocycles. The largest absolute Gasteiger partial charge is 0.314 e. The Hall–Kier alpha value is -1.41. The minimum absolute atomic E-state index is 0.487. The van der Waals surface area contributed by atoms with Gasteiger partial charge in [0.25, 0.3) is 0 Å². The molecule has 0 spiro atoms. The normalized spacial score (nSPS) is 14.8. The molecular weight excluding hydrogens is 208 g/mol. The quantitative estimate of drug-likeness (QED) is 0.868. The van der Waals surface area contributed by atoms with Crippen molar-refractivity contribution in [3.63, 3.8) is 0 Å². The summed E-state index contributed by atoms with van der Waals surface area (Å²) in [4.78, 5) is 4.41. The Kier molecular flexibility index (Phi) is 3.75. The fourth-order valence-electron chi connectivity index (χ4n) is 2.15. The van der Waals surface area contributed by atoms with Gasteiger partial charge in [-0.25, -0.2) is 0 Å². The molecule has 2 aromatic rings. The van der Waals surface area contributed by atoms with E-state index in [4.69, 9.17) is 0 Å². The molecule has 2 atom stereocenters. The zero-order chi connectivity index (χ0) is 12.3. The minimum Gasteiger partial charge on any atom is -0.314 e.